The molecule has 2 heterocycles. The molecule has 0 spiro atoms. The molecule has 1 aliphatic heterocycles. The van der Waals surface area contributed by atoms with Gasteiger partial charge in [0, 0.05) is 9.90 Å². The van der Waals surface area contributed by atoms with Crippen molar-refractivity contribution < 1.29 is 19.1 Å². The van der Waals surface area contributed by atoms with Gasteiger partial charge in [0.15, 0.2) is 0 Å². The number of esters is 1. The minimum absolute atomic E-state index is 0.157. The molecule has 0 fully saturated rings. The molecule has 1 N–H and O–H groups in total. The molecule has 0 bridgehead atoms. The van der Waals surface area contributed by atoms with Crippen molar-refractivity contribution in [2.45, 2.75) is 45.6 Å². The standard InChI is InChI=1S/C21H23ClN2O4S/c1-3-27-20(25)18-14-6-4-5-7-17(14)29-19(18)23-21(26)24-11-12(2)28-16-9-8-13(22)10-15(16)24/h8-10,12H,3-7,11H2,1-2H3,(H,23,26). The summed E-state index contributed by atoms with van der Waals surface area (Å²) >= 11 is 7.62. The maximum atomic E-state index is 13.2. The Bertz CT molecular complexity index is 958. The van der Waals surface area contributed by atoms with E-state index in [1.165, 1.54) is 11.3 Å². The Hall–Kier alpha value is -2.25. The smallest absolute Gasteiger partial charge is 0.341 e. The fourth-order valence-corrected chi connectivity index (χ4v) is 5.27. The summed E-state index contributed by atoms with van der Waals surface area (Å²) in [5.41, 5.74) is 2.15. The lowest BCUT2D eigenvalue weighted by molar-refractivity contribution is 0.0526. The number of fused-ring (bicyclic) bond motifs is 2. The summed E-state index contributed by atoms with van der Waals surface area (Å²) < 4.78 is 11.1. The topological polar surface area (TPSA) is 67.9 Å². The van der Waals surface area contributed by atoms with Gasteiger partial charge in [-0.1, -0.05) is 11.6 Å². The molecule has 1 aliphatic carbocycles. The van der Waals surface area contributed by atoms with Crippen LogP contribution in [0.1, 0.15) is 47.5 Å². The van der Waals surface area contributed by atoms with Crippen LogP contribution in [0.4, 0.5) is 15.5 Å². The maximum absolute atomic E-state index is 13.2. The molecule has 154 valence electrons. The Balaban J connectivity index is 1.66. The number of benzene rings is 1. The Morgan fingerprint density at radius 1 is 1.34 bits per heavy atom. The van der Waals surface area contributed by atoms with Gasteiger partial charge in [0.25, 0.3) is 0 Å². The minimum atomic E-state index is -0.374. The summed E-state index contributed by atoms with van der Waals surface area (Å²) in [6.45, 7) is 4.37. The normalized spacial score (nSPS) is 17.8. The molecule has 2 aliphatic rings. The SMILES string of the molecule is CCOC(=O)c1c(NC(=O)N2CC(C)Oc3ccc(Cl)cc32)sc2c1CCCC2. The van der Waals surface area contributed by atoms with Crippen LogP contribution in [-0.2, 0) is 17.6 Å². The van der Waals surface area contributed by atoms with Gasteiger partial charge in [-0.15, -0.1) is 11.3 Å². The molecular weight excluding hydrogens is 412 g/mol. The number of halogens is 1. The third kappa shape index (κ3) is 3.94. The van der Waals surface area contributed by atoms with E-state index in [1.807, 2.05) is 6.92 Å². The van der Waals surface area contributed by atoms with Crippen LogP contribution in [0.2, 0.25) is 5.02 Å². The second kappa shape index (κ2) is 8.24. The van der Waals surface area contributed by atoms with Gasteiger partial charge in [0.05, 0.1) is 24.4 Å². The molecule has 1 atom stereocenters. The van der Waals surface area contributed by atoms with Crippen LogP contribution in [0.5, 0.6) is 5.75 Å². The van der Waals surface area contributed by atoms with E-state index >= 15 is 0 Å². The number of ether oxygens (including phenoxy) is 2. The van der Waals surface area contributed by atoms with E-state index in [-0.39, 0.29) is 18.1 Å². The van der Waals surface area contributed by atoms with Crippen molar-refractivity contribution in [1.82, 2.24) is 0 Å². The van der Waals surface area contributed by atoms with Crippen LogP contribution in [0.25, 0.3) is 0 Å². The van der Waals surface area contributed by atoms with Crippen molar-refractivity contribution in [3.8, 4) is 5.75 Å². The van der Waals surface area contributed by atoms with E-state index in [9.17, 15) is 9.59 Å². The molecule has 0 saturated carbocycles. The molecular formula is C21H23ClN2O4S. The number of amides is 2. The molecule has 6 nitrogen and oxygen atoms in total. The number of hydrogen-bond donors (Lipinski definition) is 1. The Labute approximate surface area is 178 Å². The second-order valence-corrected chi connectivity index (χ2v) is 8.76. The molecule has 2 aromatic rings. The summed E-state index contributed by atoms with van der Waals surface area (Å²) in [6, 6.07) is 4.91. The molecule has 2 amide bonds. The van der Waals surface area contributed by atoms with Crippen LogP contribution in [0.3, 0.4) is 0 Å². The molecule has 1 unspecified atom stereocenters. The number of thiophene rings is 1. The fourth-order valence-electron chi connectivity index (χ4n) is 3.84. The van der Waals surface area contributed by atoms with Gasteiger partial charge in [-0.25, -0.2) is 9.59 Å². The lowest BCUT2D eigenvalue weighted by Crippen LogP contribution is -2.44. The van der Waals surface area contributed by atoms with Crippen molar-refractivity contribution in [3.05, 3.63) is 39.2 Å². The van der Waals surface area contributed by atoms with Crippen LogP contribution < -0.4 is 15.0 Å². The number of urea groups is 1. The maximum Gasteiger partial charge on any atom is 0.341 e. The predicted octanol–water partition coefficient (Wildman–Crippen LogP) is 5.28. The summed E-state index contributed by atoms with van der Waals surface area (Å²) in [7, 11) is 0. The van der Waals surface area contributed by atoms with E-state index < -0.39 is 0 Å². The zero-order valence-electron chi connectivity index (χ0n) is 16.4. The number of anilines is 2. The van der Waals surface area contributed by atoms with Crippen LogP contribution in [0.15, 0.2) is 18.2 Å². The van der Waals surface area contributed by atoms with Crippen LogP contribution in [-0.4, -0.2) is 31.3 Å². The van der Waals surface area contributed by atoms with Crippen molar-refractivity contribution >= 4 is 45.6 Å². The van der Waals surface area contributed by atoms with E-state index in [4.69, 9.17) is 21.1 Å². The zero-order valence-corrected chi connectivity index (χ0v) is 18.0. The summed E-state index contributed by atoms with van der Waals surface area (Å²) in [4.78, 5) is 28.6. The van der Waals surface area contributed by atoms with Gasteiger partial charge >= 0.3 is 12.0 Å². The van der Waals surface area contributed by atoms with Gasteiger partial charge in [0.2, 0.25) is 0 Å². The molecule has 0 radical (unpaired) electrons. The van der Waals surface area contributed by atoms with E-state index in [0.717, 1.165) is 36.1 Å². The number of nitrogens with zero attached hydrogens (tertiary/aromatic N) is 1. The van der Waals surface area contributed by atoms with E-state index in [0.29, 0.717) is 40.2 Å². The average molecular weight is 435 g/mol. The number of carbonyl (C=O) groups excluding carboxylic acids is 2. The highest BCUT2D eigenvalue weighted by molar-refractivity contribution is 7.17. The molecule has 0 saturated heterocycles. The molecule has 29 heavy (non-hydrogen) atoms. The highest BCUT2D eigenvalue weighted by Gasteiger charge is 2.31. The van der Waals surface area contributed by atoms with Crippen molar-refractivity contribution in [1.29, 1.82) is 0 Å². The largest absolute Gasteiger partial charge is 0.487 e. The van der Waals surface area contributed by atoms with Gasteiger partial charge in [-0.05, 0) is 63.3 Å². The highest BCUT2D eigenvalue weighted by atomic mass is 35.5. The summed E-state index contributed by atoms with van der Waals surface area (Å²) in [5.74, 6) is 0.236. The first-order valence-corrected chi connectivity index (χ1v) is 11.0. The van der Waals surface area contributed by atoms with E-state index in [1.54, 1.807) is 30.0 Å². The Kier molecular flexibility index (Phi) is 5.69. The lowest BCUT2D eigenvalue weighted by atomic mass is 9.95. The number of nitrogens with one attached hydrogen (secondary N) is 1. The summed E-state index contributed by atoms with van der Waals surface area (Å²) in [6.07, 6.45) is 3.74. The molecule has 8 heteroatoms. The van der Waals surface area contributed by atoms with Crippen molar-refractivity contribution in [2.24, 2.45) is 0 Å². The molecule has 1 aromatic carbocycles. The van der Waals surface area contributed by atoms with Crippen LogP contribution >= 0.6 is 22.9 Å². The number of hydrogen-bond acceptors (Lipinski definition) is 5. The quantitative estimate of drug-likeness (QED) is 0.667. The first kappa shape index (κ1) is 20.0. The average Bonchev–Trinajstić information content (AvgIpc) is 3.05. The summed E-state index contributed by atoms with van der Waals surface area (Å²) in [5, 5.41) is 4.05. The molecule has 1 aromatic heterocycles. The minimum Gasteiger partial charge on any atom is -0.487 e. The first-order chi connectivity index (χ1) is 14.0. The van der Waals surface area contributed by atoms with Gasteiger partial charge in [-0.2, -0.15) is 0 Å². The fraction of sp³-hybridized carbons (Fsp3) is 0.429. The van der Waals surface area contributed by atoms with Gasteiger partial charge < -0.3 is 9.47 Å². The third-order valence-electron chi connectivity index (χ3n) is 5.10. The number of carbonyl (C=O) groups is 2. The Morgan fingerprint density at radius 2 is 2.14 bits per heavy atom. The van der Waals surface area contributed by atoms with Crippen molar-refractivity contribution in [3.63, 3.8) is 0 Å². The highest BCUT2D eigenvalue weighted by Crippen LogP contribution is 2.40. The third-order valence-corrected chi connectivity index (χ3v) is 6.54. The van der Waals surface area contributed by atoms with Gasteiger partial charge in [0.1, 0.15) is 16.9 Å². The van der Waals surface area contributed by atoms with E-state index in [2.05, 4.69) is 5.32 Å². The van der Waals surface area contributed by atoms with Crippen molar-refractivity contribution in [2.75, 3.05) is 23.4 Å². The second-order valence-electron chi connectivity index (χ2n) is 7.22. The first-order valence-electron chi connectivity index (χ1n) is 9.84. The molecule has 4 rings (SSSR count). The van der Waals surface area contributed by atoms with Gasteiger partial charge in [-0.3, -0.25) is 10.2 Å². The predicted molar refractivity (Wildman–Crippen MR) is 115 cm³/mol. The number of rotatable bonds is 3. The lowest BCUT2D eigenvalue weighted by Gasteiger charge is -2.33. The monoisotopic (exact) mass is 434 g/mol. The zero-order chi connectivity index (χ0) is 20.5. The number of aryl methyl sites for hydroxylation is 1. The Morgan fingerprint density at radius 3 is 2.93 bits per heavy atom. The van der Waals surface area contributed by atoms with Crippen LogP contribution in [0, 0.1) is 0 Å².